The van der Waals surface area contributed by atoms with Crippen molar-refractivity contribution in [3.8, 4) is 11.5 Å². The van der Waals surface area contributed by atoms with Gasteiger partial charge in [0.1, 0.15) is 18.1 Å². The number of dihydropyridines is 1. The van der Waals surface area contributed by atoms with Crippen LogP contribution in [0.2, 0.25) is 0 Å². The Kier molecular flexibility index (Phi) is 5.54. The molecule has 0 amide bonds. The molecular formula is C27H24F3N3O2. The highest BCUT2D eigenvalue weighted by Crippen LogP contribution is 2.64. The number of ether oxygens (including phenoxy) is 2. The number of allylic oxidation sites excluding steroid dienone is 2. The van der Waals surface area contributed by atoms with Crippen LogP contribution in [0.1, 0.15) is 41.4 Å². The van der Waals surface area contributed by atoms with Crippen LogP contribution in [0, 0.1) is 12.3 Å². The van der Waals surface area contributed by atoms with Gasteiger partial charge in [0.25, 0.3) is 0 Å². The molecule has 35 heavy (non-hydrogen) atoms. The summed E-state index contributed by atoms with van der Waals surface area (Å²) in [6.07, 6.45) is 1.53. The van der Waals surface area contributed by atoms with E-state index in [0.717, 1.165) is 52.8 Å². The number of methoxy groups -OCH3 is 1. The third-order valence-electron chi connectivity index (χ3n) is 6.52. The van der Waals surface area contributed by atoms with E-state index in [4.69, 9.17) is 9.47 Å². The highest BCUT2D eigenvalue weighted by molar-refractivity contribution is 5.90. The molecule has 5 nitrogen and oxygen atoms in total. The van der Waals surface area contributed by atoms with Crippen LogP contribution < -0.4 is 14.8 Å². The van der Waals surface area contributed by atoms with Gasteiger partial charge in [-0.25, -0.2) is 0 Å². The van der Waals surface area contributed by atoms with Crippen LogP contribution in [-0.2, 0) is 12.8 Å². The van der Waals surface area contributed by atoms with E-state index in [2.05, 4.69) is 28.3 Å². The number of fused-ring (bicyclic) bond motifs is 1. The topological polar surface area (TPSA) is 56.3 Å². The van der Waals surface area contributed by atoms with Crippen molar-refractivity contribution in [1.82, 2.24) is 15.3 Å². The molecule has 0 spiro atoms. The average molecular weight is 480 g/mol. The van der Waals surface area contributed by atoms with E-state index >= 15 is 0 Å². The lowest BCUT2D eigenvalue weighted by molar-refractivity contribution is -0.137. The lowest BCUT2D eigenvalue weighted by atomic mass is 9.88. The number of aryl methyl sites for hydroxylation is 1. The number of hydrogen-bond donors (Lipinski definition) is 1. The van der Waals surface area contributed by atoms with Gasteiger partial charge in [0.2, 0.25) is 0 Å². The minimum Gasteiger partial charge on any atom is -0.496 e. The summed E-state index contributed by atoms with van der Waals surface area (Å²) in [6, 6.07) is 11.5. The van der Waals surface area contributed by atoms with Gasteiger partial charge in [-0.1, -0.05) is 6.92 Å². The number of pyridine rings is 2. The number of halogens is 3. The molecule has 1 aromatic carbocycles. The molecule has 0 saturated heterocycles. The first-order valence-electron chi connectivity index (χ1n) is 11.2. The zero-order valence-corrected chi connectivity index (χ0v) is 19.5. The van der Waals surface area contributed by atoms with Crippen LogP contribution in [0.4, 0.5) is 13.2 Å². The zero-order valence-electron chi connectivity index (χ0n) is 19.5. The van der Waals surface area contributed by atoms with Gasteiger partial charge in [0.05, 0.1) is 18.4 Å². The van der Waals surface area contributed by atoms with Gasteiger partial charge in [0, 0.05) is 52.6 Å². The summed E-state index contributed by atoms with van der Waals surface area (Å²) < 4.78 is 50.2. The minimum absolute atomic E-state index is 0.0881. The van der Waals surface area contributed by atoms with Crippen molar-refractivity contribution in [3.05, 3.63) is 94.7 Å². The van der Waals surface area contributed by atoms with Gasteiger partial charge < -0.3 is 14.8 Å². The summed E-state index contributed by atoms with van der Waals surface area (Å²) >= 11 is 0. The maximum Gasteiger partial charge on any atom is 0.416 e. The van der Waals surface area contributed by atoms with E-state index in [1.54, 1.807) is 19.2 Å². The second-order valence-corrected chi connectivity index (χ2v) is 8.94. The first-order chi connectivity index (χ1) is 16.7. The van der Waals surface area contributed by atoms with Crippen molar-refractivity contribution in [2.75, 3.05) is 7.11 Å². The van der Waals surface area contributed by atoms with Gasteiger partial charge in [-0.15, -0.1) is 0 Å². The van der Waals surface area contributed by atoms with Crippen LogP contribution >= 0.6 is 0 Å². The number of nitrogens with one attached hydrogen (secondary N) is 1. The Bertz CT molecular complexity index is 1350. The number of benzene rings is 1. The lowest BCUT2D eigenvalue weighted by Crippen LogP contribution is -2.15. The van der Waals surface area contributed by atoms with Crippen molar-refractivity contribution in [2.24, 2.45) is 5.41 Å². The van der Waals surface area contributed by atoms with E-state index in [1.807, 2.05) is 31.5 Å². The summed E-state index contributed by atoms with van der Waals surface area (Å²) in [5, 5.41) is 3.44. The monoisotopic (exact) mass is 479 g/mol. The molecule has 1 aliphatic carbocycles. The number of alkyl halides is 3. The number of hydrogen-bond acceptors (Lipinski definition) is 5. The molecule has 8 heteroatoms. The van der Waals surface area contributed by atoms with E-state index in [9.17, 15) is 13.2 Å². The molecule has 1 aliphatic heterocycles. The summed E-state index contributed by atoms with van der Waals surface area (Å²) in [7, 11) is 1.59. The summed E-state index contributed by atoms with van der Waals surface area (Å²) in [5.41, 5.74) is 5.82. The summed E-state index contributed by atoms with van der Waals surface area (Å²) in [4.78, 5) is 8.39. The van der Waals surface area contributed by atoms with Crippen molar-refractivity contribution in [1.29, 1.82) is 0 Å². The molecule has 0 bridgehead atoms. The second kappa shape index (κ2) is 8.45. The molecule has 1 N–H and O–H groups in total. The average Bonchev–Trinajstić information content (AvgIpc) is 3.55. The zero-order chi connectivity index (χ0) is 24.8. The molecule has 2 aliphatic rings. The van der Waals surface area contributed by atoms with E-state index in [-0.39, 0.29) is 17.7 Å². The maximum absolute atomic E-state index is 13.0. The molecule has 1 saturated carbocycles. The summed E-state index contributed by atoms with van der Waals surface area (Å²) in [6.45, 7) is 4.08. The molecule has 0 unspecified atom stereocenters. The van der Waals surface area contributed by atoms with Gasteiger partial charge in [-0.2, -0.15) is 13.2 Å². The van der Waals surface area contributed by atoms with E-state index in [1.165, 1.54) is 5.57 Å². The molecule has 180 valence electrons. The van der Waals surface area contributed by atoms with Gasteiger partial charge in [0.15, 0.2) is 0 Å². The van der Waals surface area contributed by atoms with Crippen LogP contribution in [0.3, 0.4) is 0 Å². The molecule has 1 atom stereocenters. The molecule has 0 radical (unpaired) electrons. The van der Waals surface area contributed by atoms with Gasteiger partial charge in [-0.3, -0.25) is 9.97 Å². The quantitative estimate of drug-likeness (QED) is 0.459. The van der Waals surface area contributed by atoms with Crippen molar-refractivity contribution in [3.63, 3.8) is 0 Å². The highest BCUT2D eigenvalue weighted by atomic mass is 19.4. The Morgan fingerprint density at radius 2 is 1.91 bits per heavy atom. The first-order valence-corrected chi connectivity index (χ1v) is 11.2. The van der Waals surface area contributed by atoms with E-state index in [0.29, 0.717) is 11.5 Å². The Balaban J connectivity index is 1.35. The SMILES string of the molecule is COc1cc(OCc2cc(C(F)(F)F)ccn2)ccc1C1=CNC(c2ccc(C)nc2)=C2C[C@]12C. The van der Waals surface area contributed by atoms with Crippen molar-refractivity contribution >= 4 is 11.3 Å². The predicted molar refractivity (Wildman–Crippen MR) is 126 cm³/mol. The number of aromatic nitrogens is 2. The van der Waals surface area contributed by atoms with Crippen molar-refractivity contribution in [2.45, 2.75) is 33.1 Å². The van der Waals surface area contributed by atoms with E-state index < -0.39 is 11.7 Å². The standard InChI is InChI=1S/C27H24F3N3O2/c1-16-4-5-17(13-32-16)25-22-12-26(22,2)23(14-33-25)21-7-6-20(11-24(21)34-3)35-15-19-10-18(8-9-31-19)27(28,29)30/h4-11,13-14,33H,12,15H2,1-3H3/t26-/m0/s1. The molecule has 1 fully saturated rings. The van der Waals surface area contributed by atoms with Crippen LogP contribution in [0.5, 0.6) is 11.5 Å². The maximum atomic E-state index is 13.0. The molecule has 5 rings (SSSR count). The number of nitrogens with zero attached hydrogens (tertiary/aromatic N) is 2. The molecule has 3 aromatic rings. The number of rotatable bonds is 6. The normalized spacial score (nSPS) is 19.0. The fourth-order valence-electron chi connectivity index (χ4n) is 4.44. The van der Waals surface area contributed by atoms with Crippen LogP contribution in [-0.4, -0.2) is 17.1 Å². The molecule has 2 aromatic heterocycles. The van der Waals surface area contributed by atoms with Gasteiger partial charge in [-0.05, 0) is 60.9 Å². The van der Waals surface area contributed by atoms with Crippen LogP contribution in [0.25, 0.3) is 11.3 Å². The Morgan fingerprint density at radius 3 is 2.63 bits per heavy atom. The lowest BCUT2D eigenvalue weighted by Gasteiger charge is -2.23. The minimum atomic E-state index is -4.42. The van der Waals surface area contributed by atoms with Crippen LogP contribution in [0.15, 0.2) is 66.6 Å². The second-order valence-electron chi connectivity index (χ2n) is 8.94. The predicted octanol–water partition coefficient (Wildman–Crippen LogP) is 6.16. The summed E-state index contributed by atoms with van der Waals surface area (Å²) in [5.74, 6) is 1.11. The fourth-order valence-corrected chi connectivity index (χ4v) is 4.44. The Morgan fingerprint density at radius 1 is 1.09 bits per heavy atom. The third kappa shape index (κ3) is 4.36. The smallest absolute Gasteiger partial charge is 0.416 e. The van der Waals surface area contributed by atoms with Crippen molar-refractivity contribution < 1.29 is 22.6 Å². The highest BCUT2D eigenvalue weighted by Gasteiger charge is 2.52. The van der Waals surface area contributed by atoms with Gasteiger partial charge >= 0.3 is 6.18 Å². The Labute approximate surface area is 201 Å². The fraction of sp³-hybridized carbons (Fsp3) is 0.259. The largest absolute Gasteiger partial charge is 0.496 e. The third-order valence-corrected chi connectivity index (χ3v) is 6.52. The molecular weight excluding hydrogens is 455 g/mol. The molecule has 3 heterocycles. The Hall–Kier alpha value is -3.81. The first kappa shape index (κ1) is 23.0.